The molecule has 0 saturated heterocycles. The number of nitrogens with two attached hydrogens (primary N) is 1. The molecular formula is C8H11NO3. The second-order valence-corrected chi connectivity index (χ2v) is 2.70. The van der Waals surface area contributed by atoms with E-state index in [0.717, 1.165) is 11.3 Å². The van der Waals surface area contributed by atoms with E-state index in [1.165, 1.54) is 6.26 Å². The molecule has 0 aliphatic rings. The quantitative estimate of drug-likeness (QED) is 0.709. The van der Waals surface area contributed by atoms with Crippen LogP contribution in [0.2, 0.25) is 0 Å². The van der Waals surface area contributed by atoms with E-state index in [-0.39, 0.29) is 6.42 Å². The smallest absolute Gasteiger partial charge is 0.305 e. The van der Waals surface area contributed by atoms with Gasteiger partial charge >= 0.3 is 5.97 Å². The van der Waals surface area contributed by atoms with Crippen LogP contribution in [0.25, 0.3) is 0 Å². The van der Waals surface area contributed by atoms with Gasteiger partial charge in [-0.15, -0.1) is 0 Å². The van der Waals surface area contributed by atoms with E-state index in [1.54, 1.807) is 13.0 Å². The molecule has 0 spiro atoms. The first kappa shape index (κ1) is 8.80. The van der Waals surface area contributed by atoms with Crippen LogP contribution in [0.15, 0.2) is 16.7 Å². The molecule has 66 valence electrons. The number of aliphatic carboxylic acids is 1. The predicted octanol–water partition coefficient (Wildman–Crippen LogP) is 1.06. The van der Waals surface area contributed by atoms with E-state index in [9.17, 15) is 4.79 Å². The lowest BCUT2D eigenvalue weighted by atomic mass is 10.1. The summed E-state index contributed by atoms with van der Waals surface area (Å²) in [6, 6.07) is 1.27. The third-order valence-electron chi connectivity index (χ3n) is 1.57. The summed E-state index contributed by atoms with van der Waals surface area (Å²) >= 11 is 0. The third-order valence-corrected chi connectivity index (χ3v) is 1.57. The zero-order valence-electron chi connectivity index (χ0n) is 6.78. The number of carbonyl (C=O) groups is 1. The van der Waals surface area contributed by atoms with Crippen molar-refractivity contribution in [2.24, 2.45) is 5.73 Å². The largest absolute Gasteiger partial charge is 0.481 e. The van der Waals surface area contributed by atoms with Crippen molar-refractivity contribution in [2.45, 2.75) is 19.4 Å². The first-order valence-corrected chi connectivity index (χ1v) is 3.62. The number of aryl methyl sites for hydroxylation is 1. The Balaban J connectivity index is 2.64. The van der Waals surface area contributed by atoms with Crippen LogP contribution in [0.1, 0.15) is 23.8 Å². The first-order chi connectivity index (χ1) is 5.59. The second-order valence-electron chi connectivity index (χ2n) is 2.70. The molecule has 1 atom stereocenters. The molecule has 0 bridgehead atoms. The minimum atomic E-state index is -0.902. The van der Waals surface area contributed by atoms with Gasteiger partial charge in [0.2, 0.25) is 0 Å². The van der Waals surface area contributed by atoms with Crippen molar-refractivity contribution in [3.8, 4) is 0 Å². The van der Waals surface area contributed by atoms with Gasteiger partial charge in [-0.05, 0) is 13.0 Å². The van der Waals surface area contributed by atoms with Crippen molar-refractivity contribution >= 4 is 5.97 Å². The van der Waals surface area contributed by atoms with E-state index in [0.29, 0.717) is 0 Å². The highest BCUT2D eigenvalue weighted by Crippen LogP contribution is 2.16. The highest BCUT2D eigenvalue weighted by atomic mass is 16.4. The molecule has 1 heterocycles. The number of carboxylic acid groups (broad SMARTS) is 1. The Kier molecular flexibility index (Phi) is 2.50. The SMILES string of the molecule is Cc1cc(C(N)CC(=O)O)co1. The van der Waals surface area contributed by atoms with Crippen LogP contribution in [0.3, 0.4) is 0 Å². The number of hydrogen-bond acceptors (Lipinski definition) is 3. The van der Waals surface area contributed by atoms with Crippen LogP contribution < -0.4 is 5.73 Å². The number of hydrogen-bond donors (Lipinski definition) is 2. The Labute approximate surface area is 70.0 Å². The molecule has 12 heavy (non-hydrogen) atoms. The summed E-state index contributed by atoms with van der Waals surface area (Å²) in [5.41, 5.74) is 6.30. The summed E-state index contributed by atoms with van der Waals surface area (Å²) in [6.45, 7) is 1.79. The van der Waals surface area contributed by atoms with Crippen molar-refractivity contribution in [1.29, 1.82) is 0 Å². The maximum absolute atomic E-state index is 10.3. The zero-order chi connectivity index (χ0) is 9.14. The van der Waals surface area contributed by atoms with Gasteiger partial charge < -0.3 is 15.3 Å². The summed E-state index contributed by atoms with van der Waals surface area (Å²) < 4.78 is 4.99. The summed E-state index contributed by atoms with van der Waals surface area (Å²) in [4.78, 5) is 10.3. The maximum atomic E-state index is 10.3. The average molecular weight is 169 g/mol. The normalized spacial score (nSPS) is 12.8. The van der Waals surface area contributed by atoms with Gasteiger partial charge in [-0.3, -0.25) is 4.79 Å². The van der Waals surface area contributed by atoms with Crippen molar-refractivity contribution in [2.75, 3.05) is 0 Å². The van der Waals surface area contributed by atoms with Crippen LogP contribution >= 0.6 is 0 Å². The fourth-order valence-electron chi connectivity index (χ4n) is 0.964. The van der Waals surface area contributed by atoms with Crippen molar-refractivity contribution in [1.82, 2.24) is 0 Å². The summed E-state index contributed by atoms with van der Waals surface area (Å²) in [6.07, 6.45) is 1.42. The van der Waals surface area contributed by atoms with E-state index in [1.807, 2.05) is 0 Å². The Bertz CT molecular complexity index is 280. The van der Waals surface area contributed by atoms with Crippen molar-refractivity contribution in [3.05, 3.63) is 23.7 Å². The second kappa shape index (κ2) is 3.40. The predicted molar refractivity (Wildman–Crippen MR) is 42.6 cm³/mol. The molecule has 0 radical (unpaired) electrons. The minimum Gasteiger partial charge on any atom is -0.481 e. The van der Waals surface area contributed by atoms with E-state index < -0.39 is 12.0 Å². The van der Waals surface area contributed by atoms with Gasteiger partial charge in [0.15, 0.2) is 0 Å². The van der Waals surface area contributed by atoms with Gasteiger partial charge in [-0.2, -0.15) is 0 Å². The van der Waals surface area contributed by atoms with Gasteiger partial charge in [0.1, 0.15) is 5.76 Å². The third kappa shape index (κ3) is 2.10. The van der Waals surface area contributed by atoms with E-state index in [2.05, 4.69) is 0 Å². The molecule has 4 nitrogen and oxygen atoms in total. The minimum absolute atomic E-state index is 0.0705. The average Bonchev–Trinajstić information content (AvgIpc) is 2.34. The van der Waals surface area contributed by atoms with Gasteiger partial charge in [0.05, 0.1) is 12.7 Å². The van der Waals surface area contributed by atoms with E-state index in [4.69, 9.17) is 15.3 Å². The standard InChI is InChI=1S/C8H11NO3/c1-5-2-6(4-12-5)7(9)3-8(10)11/h2,4,7H,3,9H2,1H3,(H,10,11). The fraction of sp³-hybridized carbons (Fsp3) is 0.375. The zero-order valence-corrected chi connectivity index (χ0v) is 6.78. The molecule has 0 aliphatic heterocycles. The molecule has 0 aromatic carbocycles. The molecular weight excluding hydrogens is 158 g/mol. The Hall–Kier alpha value is -1.29. The highest BCUT2D eigenvalue weighted by Gasteiger charge is 2.11. The molecule has 4 heteroatoms. The number of carboxylic acids is 1. The number of furan rings is 1. The van der Waals surface area contributed by atoms with Gasteiger partial charge in [-0.25, -0.2) is 0 Å². The Morgan fingerprint density at radius 3 is 2.92 bits per heavy atom. The summed E-state index contributed by atoms with van der Waals surface area (Å²) in [5.74, 6) is -0.160. The topological polar surface area (TPSA) is 76.5 Å². The van der Waals surface area contributed by atoms with Crippen LogP contribution in [-0.4, -0.2) is 11.1 Å². The maximum Gasteiger partial charge on any atom is 0.305 e. The lowest BCUT2D eigenvalue weighted by Crippen LogP contribution is -2.14. The molecule has 3 N–H and O–H groups in total. The fourth-order valence-corrected chi connectivity index (χ4v) is 0.964. The molecule has 0 aliphatic carbocycles. The first-order valence-electron chi connectivity index (χ1n) is 3.62. The molecule has 1 rings (SSSR count). The lowest BCUT2D eigenvalue weighted by Gasteiger charge is -2.03. The Morgan fingerprint density at radius 1 is 1.83 bits per heavy atom. The van der Waals surface area contributed by atoms with E-state index >= 15 is 0 Å². The molecule has 0 amide bonds. The van der Waals surface area contributed by atoms with Crippen molar-refractivity contribution in [3.63, 3.8) is 0 Å². The summed E-state index contributed by atoms with van der Waals surface area (Å²) in [7, 11) is 0. The van der Waals surface area contributed by atoms with Gasteiger partial charge in [0, 0.05) is 11.6 Å². The van der Waals surface area contributed by atoms with Crippen LogP contribution in [0.5, 0.6) is 0 Å². The van der Waals surface area contributed by atoms with Crippen LogP contribution in [0, 0.1) is 6.92 Å². The molecule has 0 saturated carbocycles. The van der Waals surface area contributed by atoms with Gasteiger partial charge in [0.25, 0.3) is 0 Å². The van der Waals surface area contributed by atoms with Crippen LogP contribution in [-0.2, 0) is 4.79 Å². The van der Waals surface area contributed by atoms with Crippen LogP contribution in [0.4, 0.5) is 0 Å². The monoisotopic (exact) mass is 169 g/mol. The molecule has 0 fully saturated rings. The number of rotatable bonds is 3. The highest BCUT2D eigenvalue weighted by molar-refractivity contribution is 5.67. The van der Waals surface area contributed by atoms with Gasteiger partial charge in [-0.1, -0.05) is 0 Å². The molecule has 1 unspecified atom stereocenters. The summed E-state index contributed by atoms with van der Waals surface area (Å²) in [5, 5.41) is 8.44. The lowest BCUT2D eigenvalue weighted by molar-refractivity contribution is -0.137. The molecule has 1 aromatic heterocycles. The Morgan fingerprint density at radius 2 is 2.50 bits per heavy atom. The van der Waals surface area contributed by atoms with Crippen molar-refractivity contribution < 1.29 is 14.3 Å². The molecule has 1 aromatic rings.